The third-order valence-electron chi connectivity index (χ3n) is 7.03. The molecular weight excluding hydrogens is 400 g/mol. The summed E-state index contributed by atoms with van der Waals surface area (Å²) >= 11 is 0. The van der Waals surface area contributed by atoms with Crippen LogP contribution >= 0.6 is 0 Å². The fraction of sp³-hybridized carbons (Fsp3) is 0.462. The lowest BCUT2D eigenvalue weighted by molar-refractivity contribution is -0.00441. The molecule has 3 fully saturated rings. The number of rotatable bonds is 5. The second kappa shape index (κ2) is 8.58. The number of aryl methyl sites for hydroxylation is 1. The Labute approximate surface area is 189 Å². The molecule has 1 unspecified atom stereocenters. The summed E-state index contributed by atoms with van der Waals surface area (Å²) in [5, 5.41) is 10.2. The molecule has 6 rings (SSSR count). The van der Waals surface area contributed by atoms with Gasteiger partial charge in [-0.15, -0.1) is 0 Å². The zero-order valence-electron chi connectivity index (χ0n) is 19.1. The Bertz CT molecular complexity index is 1120. The quantitative estimate of drug-likeness (QED) is 0.642. The van der Waals surface area contributed by atoms with Crippen molar-refractivity contribution in [1.29, 1.82) is 0 Å². The predicted octanol–water partition coefficient (Wildman–Crippen LogP) is 4.55. The van der Waals surface area contributed by atoms with Crippen molar-refractivity contribution in [3.63, 3.8) is 0 Å². The highest BCUT2D eigenvalue weighted by Gasteiger charge is 2.42. The van der Waals surface area contributed by atoms with E-state index in [9.17, 15) is 4.79 Å². The van der Waals surface area contributed by atoms with Crippen LogP contribution in [0.25, 0.3) is 22.0 Å². The maximum absolute atomic E-state index is 11.9. The van der Waals surface area contributed by atoms with Gasteiger partial charge < -0.3 is 10.1 Å². The number of hydrogen-bond acceptors (Lipinski definition) is 4. The number of nitrogens with one attached hydrogen (secondary N) is 1. The molecule has 168 valence electrons. The van der Waals surface area contributed by atoms with Crippen LogP contribution in [0.3, 0.4) is 0 Å². The van der Waals surface area contributed by atoms with Crippen molar-refractivity contribution in [1.82, 2.24) is 20.0 Å². The Morgan fingerprint density at radius 1 is 1.19 bits per heavy atom. The molecule has 2 bridgehead atoms. The van der Waals surface area contributed by atoms with E-state index in [1.807, 2.05) is 13.8 Å². The highest BCUT2D eigenvalue weighted by atomic mass is 16.5. The highest BCUT2D eigenvalue weighted by molar-refractivity contribution is 5.86. The maximum Gasteiger partial charge on any atom is 0.407 e. The van der Waals surface area contributed by atoms with Gasteiger partial charge in [0.15, 0.2) is 0 Å². The van der Waals surface area contributed by atoms with E-state index >= 15 is 0 Å². The lowest BCUT2D eigenvalue weighted by Crippen LogP contribution is -2.54. The van der Waals surface area contributed by atoms with Crippen molar-refractivity contribution in [3.8, 4) is 11.3 Å². The van der Waals surface area contributed by atoms with E-state index in [4.69, 9.17) is 9.84 Å². The summed E-state index contributed by atoms with van der Waals surface area (Å²) in [5.41, 5.74) is 3.50. The number of hydrogen-bond donors (Lipinski definition) is 1. The largest absolute Gasteiger partial charge is 0.448 e. The van der Waals surface area contributed by atoms with E-state index in [1.165, 1.54) is 22.9 Å². The normalized spacial score (nSPS) is 24.8. The number of fused-ring (bicyclic) bond motifs is 4. The van der Waals surface area contributed by atoms with Crippen LogP contribution in [-0.4, -0.2) is 52.6 Å². The van der Waals surface area contributed by atoms with Gasteiger partial charge in [0, 0.05) is 42.9 Å². The molecule has 0 saturated carbocycles. The van der Waals surface area contributed by atoms with Gasteiger partial charge in [-0.2, -0.15) is 5.10 Å². The molecule has 0 aliphatic carbocycles. The van der Waals surface area contributed by atoms with Crippen molar-refractivity contribution in [2.75, 3.05) is 19.7 Å². The van der Waals surface area contributed by atoms with Crippen molar-refractivity contribution < 1.29 is 9.53 Å². The SMILES string of the molecule is CC(C)NC(=O)OC[C@H]1C[C@@H]2CCN1C[C@@H]2c1cc(-c2ccc3ccccc3c2)nn1C. The second-order valence-electron chi connectivity index (χ2n) is 9.58. The van der Waals surface area contributed by atoms with Crippen LogP contribution in [0.4, 0.5) is 4.79 Å². The molecule has 2 aromatic carbocycles. The van der Waals surface area contributed by atoms with Gasteiger partial charge in [-0.25, -0.2) is 4.79 Å². The zero-order chi connectivity index (χ0) is 22.2. The molecule has 32 heavy (non-hydrogen) atoms. The van der Waals surface area contributed by atoms with Gasteiger partial charge >= 0.3 is 6.09 Å². The molecule has 1 N–H and O–H groups in total. The molecule has 4 heterocycles. The van der Waals surface area contributed by atoms with Crippen LogP contribution in [0.1, 0.15) is 38.3 Å². The molecule has 3 saturated heterocycles. The van der Waals surface area contributed by atoms with Crippen LogP contribution < -0.4 is 5.32 Å². The van der Waals surface area contributed by atoms with Gasteiger partial charge in [-0.3, -0.25) is 9.58 Å². The van der Waals surface area contributed by atoms with Gasteiger partial charge in [0.1, 0.15) is 6.61 Å². The number of ether oxygens (including phenoxy) is 1. The molecule has 0 radical (unpaired) electrons. The standard InChI is InChI=1S/C26H32N4O2/c1-17(2)27-26(31)32-16-22-13-20-10-11-30(22)15-23(20)25-14-24(28-29(25)3)21-9-8-18-6-4-5-7-19(18)12-21/h4-9,12,14,17,20,22-23H,10-11,13,15-16H2,1-3H3,(H,27,31)/t20-,22+,23-/m0/s1. The fourth-order valence-corrected chi connectivity index (χ4v) is 5.41. The molecule has 4 atom stereocenters. The fourth-order valence-electron chi connectivity index (χ4n) is 5.41. The lowest BCUT2D eigenvalue weighted by atomic mass is 9.74. The summed E-state index contributed by atoms with van der Waals surface area (Å²) in [7, 11) is 2.06. The van der Waals surface area contributed by atoms with E-state index in [2.05, 4.69) is 70.5 Å². The number of aromatic nitrogens is 2. The third kappa shape index (κ3) is 4.11. The Morgan fingerprint density at radius 3 is 2.75 bits per heavy atom. The molecule has 0 spiro atoms. The van der Waals surface area contributed by atoms with E-state index in [-0.39, 0.29) is 12.1 Å². The Hall–Kier alpha value is -2.86. The zero-order valence-corrected chi connectivity index (χ0v) is 19.1. The molecule has 3 aromatic rings. The number of carbonyl (C=O) groups excluding carboxylic acids is 1. The topological polar surface area (TPSA) is 59.4 Å². The summed E-state index contributed by atoms with van der Waals surface area (Å²) < 4.78 is 7.57. The highest BCUT2D eigenvalue weighted by Crippen LogP contribution is 2.42. The van der Waals surface area contributed by atoms with Gasteiger partial charge in [-0.1, -0.05) is 36.4 Å². The van der Waals surface area contributed by atoms with E-state index in [1.54, 1.807) is 0 Å². The Kier molecular flexibility index (Phi) is 5.64. The maximum atomic E-state index is 11.9. The molecule has 3 aliphatic heterocycles. The summed E-state index contributed by atoms with van der Waals surface area (Å²) in [4.78, 5) is 14.4. The first kappa shape index (κ1) is 21.0. The average molecular weight is 433 g/mol. The smallest absolute Gasteiger partial charge is 0.407 e. The molecular formula is C26H32N4O2. The van der Waals surface area contributed by atoms with Crippen molar-refractivity contribution in [2.24, 2.45) is 13.0 Å². The number of nitrogens with zero attached hydrogens (tertiary/aromatic N) is 3. The first-order valence-electron chi connectivity index (χ1n) is 11.7. The van der Waals surface area contributed by atoms with Gasteiger partial charge in [0.2, 0.25) is 0 Å². The van der Waals surface area contributed by atoms with Crippen molar-refractivity contribution in [2.45, 2.75) is 44.7 Å². The lowest BCUT2D eigenvalue weighted by Gasteiger charge is -2.49. The average Bonchev–Trinajstić information content (AvgIpc) is 3.18. The molecule has 6 heteroatoms. The second-order valence-corrected chi connectivity index (χ2v) is 9.58. The van der Waals surface area contributed by atoms with Crippen LogP contribution in [0, 0.1) is 5.92 Å². The number of alkyl carbamates (subject to hydrolysis) is 1. The number of amides is 1. The van der Waals surface area contributed by atoms with E-state index < -0.39 is 0 Å². The Morgan fingerprint density at radius 2 is 2.00 bits per heavy atom. The summed E-state index contributed by atoms with van der Waals surface area (Å²) in [6.07, 6.45) is 1.94. The first-order valence-corrected chi connectivity index (χ1v) is 11.7. The summed E-state index contributed by atoms with van der Waals surface area (Å²) in [6.45, 7) is 6.43. The molecule has 6 nitrogen and oxygen atoms in total. The predicted molar refractivity (Wildman–Crippen MR) is 127 cm³/mol. The summed E-state index contributed by atoms with van der Waals surface area (Å²) in [5.74, 6) is 1.07. The minimum atomic E-state index is -0.314. The monoisotopic (exact) mass is 432 g/mol. The van der Waals surface area contributed by atoms with Crippen LogP contribution in [0.5, 0.6) is 0 Å². The minimum Gasteiger partial charge on any atom is -0.448 e. The Balaban J connectivity index is 1.30. The van der Waals surface area contributed by atoms with E-state index in [0.717, 1.165) is 30.8 Å². The van der Waals surface area contributed by atoms with Crippen LogP contribution in [-0.2, 0) is 11.8 Å². The van der Waals surface area contributed by atoms with Crippen LogP contribution in [0.15, 0.2) is 48.5 Å². The third-order valence-corrected chi connectivity index (χ3v) is 7.03. The van der Waals surface area contributed by atoms with Crippen molar-refractivity contribution in [3.05, 3.63) is 54.2 Å². The van der Waals surface area contributed by atoms with Gasteiger partial charge in [-0.05, 0) is 62.1 Å². The molecule has 1 aromatic heterocycles. The minimum absolute atomic E-state index is 0.0941. The number of benzene rings is 2. The first-order chi connectivity index (χ1) is 15.5. The van der Waals surface area contributed by atoms with Gasteiger partial charge in [0.25, 0.3) is 0 Å². The van der Waals surface area contributed by atoms with Crippen LogP contribution in [0.2, 0.25) is 0 Å². The molecule has 1 amide bonds. The number of piperidine rings is 3. The number of carbonyl (C=O) groups is 1. The summed E-state index contributed by atoms with van der Waals surface area (Å²) in [6, 6.07) is 17.7. The van der Waals surface area contributed by atoms with E-state index in [0.29, 0.717) is 24.5 Å². The van der Waals surface area contributed by atoms with Crippen molar-refractivity contribution >= 4 is 16.9 Å². The molecule has 3 aliphatic rings. The van der Waals surface area contributed by atoms with Gasteiger partial charge in [0.05, 0.1) is 5.69 Å².